The summed E-state index contributed by atoms with van der Waals surface area (Å²) >= 11 is 0. The summed E-state index contributed by atoms with van der Waals surface area (Å²) < 4.78 is 33.1. The molecule has 0 aliphatic heterocycles. The Bertz CT molecular complexity index is 1980. The molecule has 8 heteroatoms. The average Bonchev–Trinajstić information content (AvgIpc) is 3.42. The second-order valence-electron chi connectivity index (χ2n) is 11.3. The number of nitrogens with zero attached hydrogens (tertiary/aromatic N) is 2. The molecule has 0 bridgehead atoms. The number of anilines is 1. The highest BCUT2D eigenvalue weighted by atomic mass is 32.2. The molecule has 0 radical (unpaired) electrons. The fourth-order valence-corrected chi connectivity index (χ4v) is 6.56. The van der Waals surface area contributed by atoms with Crippen LogP contribution in [0.15, 0.2) is 127 Å². The molecule has 6 aromatic rings. The van der Waals surface area contributed by atoms with Crippen LogP contribution in [-0.2, 0) is 23.1 Å². The molecule has 5 aromatic carbocycles. The first-order valence-corrected chi connectivity index (χ1v) is 16.9. The van der Waals surface area contributed by atoms with E-state index in [0.29, 0.717) is 37.5 Å². The Morgan fingerprint density at radius 1 is 0.733 bits per heavy atom. The zero-order chi connectivity index (χ0) is 31.2. The topological polar surface area (TPSA) is 85.9 Å². The van der Waals surface area contributed by atoms with E-state index < -0.39 is 16.1 Å². The number of hydrogen-bond acceptors (Lipinski definition) is 5. The van der Waals surface area contributed by atoms with E-state index in [9.17, 15) is 13.5 Å². The number of fused-ring (bicyclic) bond motifs is 3. The van der Waals surface area contributed by atoms with Crippen molar-refractivity contribution in [3.8, 4) is 5.75 Å². The third-order valence-electron chi connectivity index (χ3n) is 7.95. The van der Waals surface area contributed by atoms with Gasteiger partial charge in [-0.1, -0.05) is 91.0 Å². The van der Waals surface area contributed by atoms with Crippen LogP contribution in [-0.4, -0.2) is 49.4 Å². The molecular weight excluding hydrogens is 582 g/mol. The van der Waals surface area contributed by atoms with Crippen LogP contribution in [0.25, 0.3) is 21.8 Å². The van der Waals surface area contributed by atoms with E-state index >= 15 is 0 Å². The van der Waals surface area contributed by atoms with Gasteiger partial charge in [0.25, 0.3) is 0 Å². The van der Waals surface area contributed by atoms with Crippen molar-refractivity contribution < 1.29 is 18.3 Å². The summed E-state index contributed by atoms with van der Waals surface area (Å²) in [6.45, 7) is 2.21. The fraction of sp³-hybridized carbons (Fsp3) is 0.189. The molecule has 1 heterocycles. The summed E-state index contributed by atoms with van der Waals surface area (Å²) in [7, 11) is -3.56. The third kappa shape index (κ3) is 7.54. The van der Waals surface area contributed by atoms with Crippen molar-refractivity contribution >= 4 is 37.5 Å². The molecule has 2 N–H and O–H groups in total. The second-order valence-corrected chi connectivity index (χ2v) is 13.2. The molecule has 0 amide bonds. The number of benzene rings is 5. The molecule has 0 spiro atoms. The van der Waals surface area contributed by atoms with E-state index in [0.717, 1.165) is 33.3 Å². The highest BCUT2D eigenvalue weighted by molar-refractivity contribution is 7.92. The van der Waals surface area contributed by atoms with Gasteiger partial charge in [0.15, 0.2) is 0 Å². The highest BCUT2D eigenvalue weighted by Crippen LogP contribution is 2.29. The minimum Gasteiger partial charge on any atom is -0.492 e. The summed E-state index contributed by atoms with van der Waals surface area (Å²) in [6, 6.07) is 41.1. The van der Waals surface area contributed by atoms with Crippen molar-refractivity contribution in [1.82, 2.24) is 9.88 Å². The lowest BCUT2D eigenvalue weighted by molar-refractivity contribution is 0.0986. The van der Waals surface area contributed by atoms with Crippen LogP contribution in [0.2, 0.25) is 0 Å². The summed E-state index contributed by atoms with van der Waals surface area (Å²) in [5.41, 5.74) is 5.30. The van der Waals surface area contributed by atoms with Crippen molar-refractivity contribution in [3.05, 3.63) is 144 Å². The lowest BCUT2D eigenvalue weighted by atomic mass is 10.1. The Hall–Kier alpha value is -4.63. The Kier molecular flexibility index (Phi) is 9.16. The minimum absolute atomic E-state index is 0.209. The molecule has 0 saturated carbocycles. The molecule has 0 saturated heterocycles. The van der Waals surface area contributed by atoms with E-state index in [4.69, 9.17) is 4.74 Å². The van der Waals surface area contributed by atoms with Gasteiger partial charge >= 0.3 is 0 Å². The lowest BCUT2D eigenvalue weighted by Crippen LogP contribution is -2.32. The van der Waals surface area contributed by atoms with Gasteiger partial charge in [-0.3, -0.25) is 9.21 Å². The molecule has 1 atom stereocenters. The van der Waals surface area contributed by atoms with Crippen molar-refractivity contribution in [2.24, 2.45) is 0 Å². The van der Waals surface area contributed by atoms with E-state index in [-0.39, 0.29) is 6.54 Å². The summed E-state index contributed by atoms with van der Waals surface area (Å²) in [6.07, 6.45) is 0.366. The normalized spacial score (nSPS) is 12.5. The Labute approximate surface area is 264 Å². The number of rotatable bonds is 13. The van der Waals surface area contributed by atoms with Crippen molar-refractivity contribution in [2.75, 3.05) is 30.3 Å². The third-order valence-corrected chi connectivity index (χ3v) is 9.09. The number of sulfonamides is 1. The predicted octanol–water partition coefficient (Wildman–Crippen LogP) is 6.90. The van der Waals surface area contributed by atoms with E-state index in [1.165, 1.54) is 15.9 Å². The fourth-order valence-electron chi connectivity index (χ4n) is 5.68. The van der Waals surface area contributed by atoms with Crippen molar-refractivity contribution in [3.63, 3.8) is 0 Å². The number of aromatic amines is 1. The first-order chi connectivity index (χ1) is 21.8. The predicted molar refractivity (Wildman–Crippen MR) is 182 cm³/mol. The van der Waals surface area contributed by atoms with Gasteiger partial charge in [-0.25, -0.2) is 8.42 Å². The maximum absolute atomic E-state index is 12.8. The number of aromatic nitrogens is 1. The Morgan fingerprint density at radius 2 is 1.40 bits per heavy atom. The zero-order valence-corrected chi connectivity index (χ0v) is 26.0. The molecule has 0 unspecified atom stereocenters. The minimum atomic E-state index is -3.56. The quantitative estimate of drug-likeness (QED) is 0.147. The van der Waals surface area contributed by atoms with E-state index in [1.807, 2.05) is 78.9 Å². The van der Waals surface area contributed by atoms with Crippen LogP contribution in [0.1, 0.15) is 22.8 Å². The number of aliphatic hydroxyl groups is 1. The summed E-state index contributed by atoms with van der Waals surface area (Å²) in [4.78, 5) is 5.62. The summed E-state index contributed by atoms with van der Waals surface area (Å²) in [5, 5.41) is 13.8. The molecule has 1 aromatic heterocycles. The smallest absolute Gasteiger partial charge is 0.232 e. The number of aliphatic hydroxyl groups excluding tert-OH is 1. The maximum Gasteiger partial charge on any atom is 0.232 e. The lowest BCUT2D eigenvalue weighted by Gasteiger charge is -2.27. The molecule has 0 fully saturated rings. The van der Waals surface area contributed by atoms with Crippen LogP contribution >= 0.6 is 0 Å². The molecule has 230 valence electrons. The Morgan fingerprint density at radius 3 is 2.13 bits per heavy atom. The van der Waals surface area contributed by atoms with Gasteiger partial charge in [0, 0.05) is 42.0 Å². The highest BCUT2D eigenvalue weighted by Gasteiger charge is 2.21. The van der Waals surface area contributed by atoms with E-state index in [1.54, 1.807) is 18.2 Å². The van der Waals surface area contributed by atoms with Gasteiger partial charge in [0.05, 0.1) is 30.1 Å². The van der Waals surface area contributed by atoms with Gasteiger partial charge in [-0.05, 0) is 47.0 Å². The number of ether oxygens (including phenoxy) is 1. The molecule has 45 heavy (non-hydrogen) atoms. The van der Waals surface area contributed by atoms with Gasteiger partial charge in [-0.15, -0.1) is 0 Å². The monoisotopic (exact) mass is 619 g/mol. The second kappa shape index (κ2) is 13.6. The Balaban J connectivity index is 1.17. The molecule has 0 aliphatic rings. The molecular formula is C37H37N3O4S. The number of H-pyrrole nitrogens is 1. The molecule has 0 aliphatic carbocycles. The van der Waals surface area contributed by atoms with Crippen LogP contribution in [0, 0.1) is 0 Å². The average molecular weight is 620 g/mol. The summed E-state index contributed by atoms with van der Waals surface area (Å²) in [5.74, 6) is 0.779. The van der Waals surface area contributed by atoms with Gasteiger partial charge in [0.1, 0.15) is 12.4 Å². The first kappa shape index (κ1) is 30.4. The van der Waals surface area contributed by atoms with Crippen LogP contribution < -0.4 is 9.04 Å². The van der Waals surface area contributed by atoms with E-state index in [2.05, 4.69) is 40.2 Å². The largest absolute Gasteiger partial charge is 0.492 e. The zero-order valence-electron chi connectivity index (χ0n) is 25.2. The van der Waals surface area contributed by atoms with Crippen LogP contribution in [0.5, 0.6) is 5.75 Å². The van der Waals surface area contributed by atoms with Gasteiger partial charge < -0.3 is 14.8 Å². The number of nitrogens with one attached hydrogen (secondary N) is 1. The molecule has 7 nitrogen and oxygen atoms in total. The van der Waals surface area contributed by atoms with Crippen LogP contribution in [0.3, 0.4) is 0 Å². The first-order valence-electron chi connectivity index (χ1n) is 15.0. The number of hydrogen-bond donors (Lipinski definition) is 2. The van der Waals surface area contributed by atoms with Gasteiger partial charge in [0.2, 0.25) is 10.0 Å². The maximum atomic E-state index is 12.8. The standard InChI is InChI=1S/C37H37N3O4S/c1-45(42,43)40(26-29-13-6-3-7-14-29)31-16-10-15-30(23-31)37(41)27-39(25-28-11-4-2-5-12-28)21-22-44-32-19-20-34-33-17-8-9-18-35(33)38-36(34)24-32/h2-20,23-24,37-38,41H,21-22,25-27H2,1H3/t37-/m1/s1. The van der Waals surface area contributed by atoms with Gasteiger partial charge in [-0.2, -0.15) is 0 Å². The van der Waals surface area contributed by atoms with Crippen LogP contribution in [0.4, 0.5) is 5.69 Å². The molecule has 6 rings (SSSR count). The number of para-hydroxylation sites is 1. The SMILES string of the molecule is CS(=O)(=O)N(Cc1ccccc1)c1cccc([C@H](O)CN(CCOc2ccc3c(c2)[nH]c2ccccc23)Cc2ccccc2)c1. The van der Waals surface area contributed by atoms with Crippen molar-refractivity contribution in [1.29, 1.82) is 0 Å². The van der Waals surface area contributed by atoms with Crippen molar-refractivity contribution in [2.45, 2.75) is 19.2 Å².